The first kappa shape index (κ1) is 6.66. The monoisotopic (exact) mass is 172 g/mol. The Kier molecular flexibility index (Phi) is 1.19. The van der Waals surface area contributed by atoms with Crippen molar-refractivity contribution < 1.29 is 4.79 Å². The van der Waals surface area contributed by atoms with Gasteiger partial charge in [-0.05, 0) is 12.2 Å². The van der Waals surface area contributed by atoms with E-state index in [-0.39, 0.29) is 18.4 Å². The number of amides is 2. The Bertz CT molecular complexity index is 231. The van der Waals surface area contributed by atoms with Crippen LogP contribution in [0.3, 0.4) is 0 Å². The molecule has 0 radical (unpaired) electrons. The number of likely N-dealkylation sites (N-methyl/N-ethyl adjacent to an activating group) is 1. The predicted octanol–water partition coefficient (Wildman–Crippen LogP) is -1.23. The minimum Gasteiger partial charge on any atom is -0.339 e. The summed E-state index contributed by atoms with van der Waals surface area (Å²) in [7, 11) is 1.72. The van der Waals surface area contributed by atoms with Gasteiger partial charge in [0, 0.05) is 7.05 Å². The van der Waals surface area contributed by atoms with Gasteiger partial charge in [-0.2, -0.15) is 0 Å². The Morgan fingerprint density at radius 2 is 2.18 bits per heavy atom. The fourth-order valence-electron chi connectivity index (χ4n) is 1.28. The number of carbonyl (C=O) groups excluding carboxylic acids is 1. The van der Waals surface area contributed by atoms with Crippen LogP contribution < -0.4 is 16.0 Å². The fourth-order valence-corrected chi connectivity index (χ4v) is 1.52. The number of thiocarbonyl (C=S) groups is 1. The van der Waals surface area contributed by atoms with Gasteiger partial charge in [0.15, 0.2) is 5.11 Å². The second-order valence-corrected chi connectivity index (χ2v) is 3.01. The minimum atomic E-state index is -0.0810. The minimum absolute atomic E-state index is 0.0324. The molecule has 60 valence electrons. The van der Waals surface area contributed by atoms with Crippen LogP contribution in [0, 0.1) is 0 Å². The number of nitrogens with one attached hydrogen (secondary N) is 3. The van der Waals surface area contributed by atoms with Crippen molar-refractivity contribution in [3.63, 3.8) is 0 Å². The molecular formula is C5H8N4OS. The Morgan fingerprint density at radius 3 is 2.82 bits per heavy atom. The van der Waals surface area contributed by atoms with E-state index < -0.39 is 0 Å². The topological polar surface area (TPSA) is 56.4 Å². The zero-order valence-corrected chi connectivity index (χ0v) is 6.73. The molecule has 2 fully saturated rings. The average Bonchev–Trinajstić information content (AvgIpc) is 2.37. The van der Waals surface area contributed by atoms with Gasteiger partial charge >= 0.3 is 6.03 Å². The molecule has 2 saturated heterocycles. The second-order valence-electron chi connectivity index (χ2n) is 2.60. The van der Waals surface area contributed by atoms with E-state index in [4.69, 9.17) is 12.2 Å². The largest absolute Gasteiger partial charge is 0.339 e. The van der Waals surface area contributed by atoms with Gasteiger partial charge in [0.1, 0.15) is 12.3 Å². The van der Waals surface area contributed by atoms with Gasteiger partial charge in [0.25, 0.3) is 0 Å². The van der Waals surface area contributed by atoms with Crippen molar-refractivity contribution in [2.75, 3.05) is 7.05 Å². The molecule has 3 N–H and O–H groups in total. The van der Waals surface area contributed by atoms with Gasteiger partial charge in [0.05, 0.1) is 0 Å². The predicted molar refractivity (Wildman–Crippen MR) is 42.7 cm³/mol. The van der Waals surface area contributed by atoms with Crippen LogP contribution in [-0.4, -0.2) is 35.4 Å². The Balaban J connectivity index is 2.19. The Hall–Kier alpha value is -1.04. The van der Waals surface area contributed by atoms with E-state index in [0.29, 0.717) is 5.11 Å². The van der Waals surface area contributed by atoms with Crippen LogP contribution in [0.25, 0.3) is 0 Å². The maximum atomic E-state index is 11.0. The van der Waals surface area contributed by atoms with Gasteiger partial charge in [-0.3, -0.25) is 0 Å². The lowest BCUT2D eigenvalue weighted by molar-refractivity contribution is 0.214. The van der Waals surface area contributed by atoms with E-state index in [0.717, 1.165) is 0 Å². The molecule has 0 unspecified atom stereocenters. The van der Waals surface area contributed by atoms with Gasteiger partial charge in [0.2, 0.25) is 0 Å². The number of rotatable bonds is 0. The average molecular weight is 172 g/mol. The summed E-state index contributed by atoms with van der Waals surface area (Å²) in [5.74, 6) is 0. The maximum Gasteiger partial charge on any atom is 0.320 e. The summed E-state index contributed by atoms with van der Waals surface area (Å²) in [6.45, 7) is 0. The molecule has 2 aliphatic heterocycles. The highest BCUT2D eigenvalue weighted by molar-refractivity contribution is 7.80. The van der Waals surface area contributed by atoms with E-state index in [2.05, 4.69) is 16.0 Å². The first-order valence-electron chi connectivity index (χ1n) is 3.29. The standard InChI is InChI=1S/C5H8N4OS/c1-9-3-2(7-5(9)10)6-4(11)8-3/h2-3H,1H3,(H,7,10)(H2,6,8,11)/t2-,3+/m0/s1. The molecule has 2 heterocycles. The van der Waals surface area contributed by atoms with Crippen molar-refractivity contribution in [3.05, 3.63) is 0 Å². The maximum absolute atomic E-state index is 11.0. The van der Waals surface area contributed by atoms with Gasteiger partial charge in [-0.15, -0.1) is 0 Å². The number of carbonyl (C=O) groups is 1. The summed E-state index contributed by atoms with van der Waals surface area (Å²) in [6.07, 6.45) is -0.102. The molecule has 0 aromatic carbocycles. The molecule has 2 rings (SSSR count). The molecule has 2 atom stereocenters. The lowest BCUT2D eigenvalue weighted by Crippen LogP contribution is -2.40. The molecule has 0 aromatic heterocycles. The van der Waals surface area contributed by atoms with Crippen LogP contribution in [0.5, 0.6) is 0 Å². The van der Waals surface area contributed by atoms with Crippen molar-refractivity contribution in [2.24, 2.45) is 0 Å². The lowest BCUT2D eigenvalue weighted by Gasteiger charge is -2.14. The highest BCUT2D eigenvalue weighted by Crippen LogP contribution is 2.10. The highest BCUT2D eigenvalue weighted by Gasteiger charge is 2.41. The number of nitrogens with zero attached hydrogens (tertiary/aromatic N) is 1. The third-order valence-electron chi connectivity index (χ3n) is 1.90. The quantitative estimate of drug-likeness (QED) is 0.401. The van der Waals surface area contributed by atoms with E-state index in [1.807, 2.05) is 0 Å². The first-order valence-corrected chi connectivity index (χ1v) is 3.69. The molecule has 5 nitrogen and oxygen atoms in total. The van der Waals surface area contributed by atoms with Crippen LogP contribution in [0.1, 0.15) is 0 Å². The molecule has 0 spiro atoms. The van der Waals surface area contributed by atoms with Crippen LogP contribution in [0.2, 0.25) is 0 Å². The smallest absolute Gasteiger partial charge is 0.320 e. The molecule has 0 bridgehead atoms. The van der Waals surface area contributed by atoms with E-state index in [1.54, 1.807) is 11.9 Å². The van der Waals surface area contributed by atoms with Crippen molar-refractivity contribution >= 4 is 23.4 Å². The SMILES string of the molecule is CN1C(=O)N[C@@H]2NC(=S)N[C@@H]21. The molecule has 0 aromatic rings. The van der Waals surface area contributed by atoms with Gasteiger partial charge < -0.3 is 20.9 Å². The Labute approximate surface area is 69.1 Å². The molecule has 0 aliphatic carbocycles. The van der Waals surface area contributed by atoms with Crippen LogP contribution in [-0.2, 0) is 0 Å². The summed E-state index contributed by atoms with van der Waals surface area (Å²) in [4.78, 5) is 12.6. The van der Waals surface area contributed by atoms with Gasteiger partial charge in [-0.1, -0.05) is 0 Å². The Morgan fingerprint density at radius 1 is 1.45 bits per heavy atom. The normalized spacial score (nSPS) is 34.5. The van der Waals surface area contributed by atoms with Crippen LogP contribution in [0.4, 0.5) is 4.79 Å². The molecular weight excluding hydrogens is 164 g/mol. The first-order chi connectivity index (χ1) is 5.18. The van der Waals surface area contributed by atoms with E-state index in [1.165, 1.54) is 0 Å². The lowest BCUT2D eigenvalue weighted by atomic mass is 10.4. The van der Waals surface area contributed by atoms with Crippen molar-refractivity contribution in [2.45, 2.75) is 12.3 Å². The van der Waals surface area contributed by atoms with Crippen molar-refractivity contribution in [1.82, 2.24) is 20.9 Å². The third kappa shape index (κ3) is 0.823. The summed E-state index contributed by atoms with van der Waals surface area (Å²) >= 11 is 4.86. The number of fused-ring (bicyclic) bond motifs is 1. The summed E-state index contributed by atoms with van der Waals surface area (Å²) in [5.41, 5.74) is 0. The second kappa shape index (κ2) is 1.97. The third-order valence-corrected chi connectivity index (χ3v) is 2.13. The number of hydrogen-bond donors (Lipinski definition) is 3. The van der Waals surface area contributed by atoms with Gasteiger partial charge in [-0.25, -0.2) is 4.79 Å². The molecule has 6 heteroatoms. The fraction of sp³-hybridized carbons (Fsp3) is 0.600. The molecule has 0 saturated carbocycles. The summed E-state index contributed by atoms with van der Waals surface area (Å²) in [5, 5.41) is 9.19. The van der Waals surface area contributed by atoms with E-state index >= 15 is 0 Å². The van der Waals surface area contributed by atoms with Crippen LogP contribution >= 0.6 is 12.2 Å². The van der Waals surface area contributed by atoms with E-state index in [9.17, 15) is 4.79 Å². The number of hydrogen-bond acceptors (Lipinski definition) is 2. The highest BCUT2D eigenvalue weighted by atomic mass is 32.1. The van der Waals surface area contributed by atoms with Crippen molar-refractivity contribution in [3.8, 4) is 0 Å². The summed E-state index contributed by atoms with van der Waals surface area (Å²) < 4.78 is 0. The zero-order chi connectivity index (χ0) is 8.01. The zero-order valence-electron chi connectivity index (χ0n) is 5.92. The number of urea groups is 1. The van der Waals surface area contributed by atoms with Crippen molar-refractivity contribution in [1.29, 1.82) is 0 Å². The molecule has 2 aliphatic rings. The molecule has 11 heavy (non-hydrogen) atoms. The van der Waals surface area contributed by atoms with Crippen LogP contribution in [0.15, 0.2) is 0 Å². The summed E-state index contributed by atoms with van der Waals surface area (Å²) in [6, 6.07) is -0.0810. The molecule has 2 amide bonds.